The quantitative estimate of drug-likeness (QED) is 0.164. The summed E-state index contributed by atoms with van der Waals surface area (Å²) in [6.45, 7) is 24.6. The topological polar surface area (TPSA) is 9.72 Å². The maximum Gasteiger partial charge on any atom is 0.252 e. The van der Waals surface area contributed by atoms with Crippen molar-refractivity contribution in [2.75, 3.05) is 14.7 Å². The van der Waals surface area contributed by atoms with Gasteiger partial charge in [0.2, 0.25) is 0 Å². The van der Waals surface area contributed by atoms with Gasteiger partial charge in [0.25, 0.3) is 6.71 Å². The van der Waals surface area contributed by atoms with Gasteiger partial charge in [0.1, 0.15) is 0 Å². The van der Waals surface area contributed by atoms with Crippen molar-refractivity contribution in [3.05, 3.63) is 144 Å². The van der Waals surface area contributed by atoms with Crippen LogP contribution in [0.5, 0.6) is 0 Å². The van der Waals surface area contributed by atoms with E-state index in [1.54, 1.807) is 11.1 Å². The summed E-state index contributed by atoms with van der Waals surface area (Å²) < 4.78 is 0. The molecule has 4 unspecified atom stereocenters. The lowest BCUT2D eigenvalue weighted by molar-refractivity contribution is 0.194. The fourth-order valence-corrected chi connectivity index (χ4v) is 14.2. The minimum atomic E-state index is -0.0844. The summed E-state index contributed by atoms with van der Waals surface area (Å²) in [6, 6.07) is 48.2. The smallest absolute Gasteiger partial charge is 0.252 e. The van der Waals surface area contributed by atoms with Crippen LogP contribution in [0.3, 0.4) is 0 Å². The SMILES string of the molecule is CC(C)(C)c1ccc(N(c2ccc(C(C)(C)C)cc2)c2cc3c4c(c2)N2c5c(cc(-c6ccccc6)cc5C5(C)CCCCC25C)B4c2cccc4c2N3C2(C)CCCCC42C)cc1. The summed E-state index contributed by atoms with van der Waals surface area (Å²) in [4.78, 5) is 8.43. The van der Waals surface area contributed by atoms with Crippen LogP contribution in [0.1, 0.15) is 143 Å². The van der Waals surface area contributed by atoms with Crippen LogP contribution in [0.2, 0.25) is 0 Å². The molecule has 0 bridgehead atoms. The van der Waals surface area contributed by atoms with Gasteiger partial charge < -0.3 is 14.7 Å². The van der Waals surface area contributed by atoms with Gasteiger partial charge in [-0.05, 0) is 143 Å². The third kappa shape index (κ3) is 5.18. The van der Waals surface area contributed by atoms with Gasteiger partial charge in [-0.1, -0.05) is 160 Å². The largest absolute Gasteiger partial charge is 0.335 e. The predicted molar refractivity (Wildman–Crippen MR) is 274 cm³/mol. The molecule has 4 atom stereocenters. The average molecular weight is 840 g/mol. The zero-order valence-corrected chi connectivity index (χ0v) is 40.1. The van der Waals surface area contributed by atoms with Crippen LogP contribution in [0, 0.1) is 0 Å². The van der Waals surface area contributed by atoms with Crippen LogP contribution >= 0.6 is 0 Å². The summed E-state index contributed by atoms with van der Waals surface area (Å²) >= 11 is 0. The van der Waals surface area contributed by atoms with Gasteiger partial charge in [0.05, 0.1) is 16.8 Å². The normalized spacial score (nSPS) is 25.9. The number of para-hydroxylation sites is 1. The van der Waals surface area contributed by atoms with Crippen LogP contribution in [0.15, 0.2) is 121 Å². The lowest BCUT2D eigenvalue weighted by atomic mass is 9.33. The molecule has 0 aromatic heterocycles. The van der Waals surface area contributed by atoms with E-state index < -0.39 is 0 Å². The third-order valence-electron chi connectivity index (χ3n) is 18.2. The second-order valence-corrected chi connectivity index (χ2v) is 23.6. The first-order valence-corrected chi connectivity index (χ1v) is 24.6. The van der Waals surface area contributed by atoms with Crippen molar-refractivity contribution in [1.29, 1.82) is 0 Å². The molecule has 2 fully saturated rings. The van der Waals surface area contributed by atoms with E-state index in [9.17, 15) is 0 Å². The molecule has 6 aromatic rings. The molecule has 0 amide bonds. The lowest BCUT2D eigenvalue weighted by Crippen LogP contribution is -2.66. The summed E-state index contributed by atoms with van der Waals surface area (Å²) in [5.74, 6) is 0. The fourth-order valence-electron chi connectivity index (χ4n) is 14.2. The molecule has 6 aliphatic rings. The van der Waals surface area contributed by atoms with Crippen molar-refractivity contribution in [1.82, 2.24) is 0 Å². The van der Waals surface area contributed by atoms with Crippen molar-refractivity contribution in [3.63, 3.8) is 0 Å². The predicted octanol–water partition coefficient (Wildman–Crippen LogP) is 14.0. The average Bonchev–Trinajstić information content (AvgIpc) is 3.62. The molecule has 0 radical (unpaired) electrons. The van der Waals surface area contributed by atoms with E-state index in [4.69, 9.17) is 0 Å². The Morgan fingerprint density at radius 3 is 1.50 bits per heavy atom. The number of anilines is 7. The summed E-state index contributed by atoms with van der Waals surface area (Å²) in [5, 5.41) is 0. The first kappa shape index (κ1) is 40.3. The Morgan fingerprint density at radius 1 is 0.469 bits per heavy atom. The van der Waals surface area contributed by atoms with Crippen LogP contribution in [-0.2, 0) is 21.7 Å². The zero-order valence-electron chi connectivity index (χ0n) is 40.1. The highest BCUT2D eigenvalue weighted by molar-refractivity contribution is 7.00. The molecule has 4 aliphatic heterocycles. The van der Waals surface area contributed by atoms with Crippen molar-refractivity contribution in [2.24, 2.45) is 0 Å². The highest BCUT2D eigenvalue weighted by atomic mass is 15.3. The van der Waals surface area contributed by atoms with E-state index in [0.29, 0.717) is 0 Å². The van der Waals surface area contributed by atoms with Gasteiger partial charge in [-0.2, -0.15) is 0 Å². The van der Waals surface area contributed by atoms with Crippen molar-refractivity contribution in [2.45, 2.75) is 153 Å². The standard InChI is InChI=1S/C60H66BN3/c1-55(2,3)41-23-27-43(28-24-41)62(44-29-25-42(26-30-44)56(4,5)6)45-37-50-52-51(38-45)64-54-47(58(8)32-15-17-34-60(58,64)10)35-40(39-19-12-11-13-20-39)36-49(54)61(52)48-22-18-21-46-53(48)63(50)59(9)33-16-14-31-57(46,59)7/h11-13,18-30,35-38H,14-17,31-34H2,1-10H3. The lowest BCUT2D eigenvalue weighted by Gasteiger charge is -2.55. The third-order valence-corrected chi connectivity index (χ3v) is 18.2. The summed E-state index contributed by atoms with van der Waals surface area (Å²) in [5.41, 5.74) is 22.5. The molecular formula is C60H66BN3. The maximum atomic E-state index is 2.93. The number of hydrogen-bond acceptors (Lipinski definition) is 3. The summed E-state index contributed by atoms with van der Waals surface area (Å²) in [7, 11) is 0. The minimum Gasteiger partial charge on any atom is -0.335 e. The van der Waals surface area contributed by atoms with Crippen LogP contribution in [0.25, 0.3) is 11.1 Å². The van der Waals surface area contributed by atoms with E-state index in [2.05, 4.69) is 205 Å². The van der Waals surface area contributed by atoms with E-state index >= 15 is 0 Å². The Labute approximate surface area is 384 Å². The van der Waals surface area contributed by atoms with Gasteiger partial charge in [-0.3, -0.25) is 0 Å². The Morgan fingerprint density at radius 2 is 0.969 bits per heavy atom. The molecular weight excluding hydrogens is 773 g/mol. The minimum absolute atomic E-state index is 0.00286. The monoisotopic (exact) mass is 840 g/mol. The van der Waals surface area contributed by atoms with Crippen LogP contribution in [-0.4, -0.2) is 17.8 Å². The fraction of sp³-hybridized carbons (Fsp3) is 0.400. The molecule has 12 rings (SSSR count). The second kappa shape index (κ2) is 13.2. The van der Waals surface area contributed by atoms with E-state index in [-0.39, 0.29) is 39.5 Å². The molecule has 0 N–H and O–H groups in total. The molecule has 2 aliphatic carbocycles. The van der Waals surface area contributed by atoms with Crippen LogP contribution in [0.4, 0.5) is 39.8 Å². The first-order chi connectivity index (χ1) is 30.5. The number of nitrogens with zero attached hydrogens (tertiary/aromatic N) is 3. The zero-order chi connectivity index (χ0) is 44.3. The second-order valence-electron chi connectivity index (χ2n) is 23.6. The molecule has 0 saturated heterocycles. The molecule has 324 valence electrons. The van der Waals surface area contributed by atoms with Crippen molar-refractivity contribution >= 4 is 62.9 Å². The van der Waals surface area contributed by atoms with E-state index in [0.717, 1.165) is 0 Å². The van der Waals surface area contributed by atoms with Gasteiger partial charge >= 0.3 is 0 Å². The Hall–Kier alpha value is -5.22. The molecule has 4 heterocycles. The maximum absolute atomic E-state index is 2.93. The van der Waals surface area contributed by atoms with E-state index in [1.807, 2.05) is 0 Å². The van der Waals surface area contributed by atoms with Gasteiger partial charge in [0.15, 0.2) is 0 Å². The number of benzene rings is 6. The molecule has 2 saturated carbocycles. The molecule has 4 heteroatoms. The molecule has 3 nitrogen and oxygen atoms in total. The Balaban J connectivity index is 1.19. The van der Waals surface area contributed by atoms with Crippen molar-refractivity contribution in [3.8, 4) is 11.1 Å². The van der Waals surface area contributed by atoms with Gasteiger partial charge in [-0.15, -0.1) is 0 Å². The van der Waals surface area contributed by atoms with Crippen LogP contribution < -0.4 is 31.1 Å². The Kier molecular flexibility index (Phi) is 8.32. The number of hydrogen-bond donors (Lipinski definition) is 0. The molecule has 6 aromatic carbocycles. The van der Waals surface area contributed by atoms with Crippen molar-refractivity contribution < 1.29 is 0 Å². The van der Waals surface area contributed by atoms with Gasteiger partial charge in [-0.25, -0.2) is 0 Å². The molecule has 64 heavy (non-hydrogen) atoms. The highest BCUT2D eigenvalue weighted by Gasteiger charge is 2.65. The van der Waals surface area contributed by atoms with Gasteiger partial charge in [0, 0.05) is 45.0 Å². The number of rotatable bonds is 4. The number of fused-ring (bicyclic) bond motifs is 10. The molecule has 0 spiro atoms. The summed E-state index contributed by atoms with van der Waals surface area (Å²) in [6.07, 6.45) is 9.85. The first-order valence-electron chi connectivity index (χ1n) is 24.6. The Bertz CT molecular complexity index is 2810. The van der Waals surface area contributed by atoms with E-state index in [1.165, 1.54) is 130 Å². The highest BCUT2D eigenvalue weighted by Crippen LogP contribution is 2.65.